The molecule has 2 rings (SSSR count). The van der Waals surface area contributed by atoms with Gasteiger partial charge in [0.1, 0.15) is 11.3 Å². The van der Waals surface area contributed by atoms with Crippen LogP contribution in [0, 0.1) is 6.92 Å². The number of furan rings is 1. The second-order valence-corrected chi connectivity index (χ2v) is 3.39. The molecule has 16 heavy (non-hydrogen) atoms. The van der Waals surface area contributed by atoms with E-state index in [1.165, 1.54) is 12.1 Å². The second kappa shape index (κ2) is 3.37. The Hall–Kier alpha value is -2.30. The fourth-order valence-corrected chi connectivity index (χ4v) is 1.56. The molecule has 5 nitrogen and oxygen atoms in total. The highest BCUT2D eigenvalue weighted by Crippen LogP contribution is 2.31. The van der Waals surface area contributed by atoms with Gasteiger partial charge < -0.3 is 14.6 Å². The van der Waals surface area contributed by atoms with Crippen LogP contribution < -0.4 is 0 Å². The minimum Gasteiger partial charge on any atom is -0.507 e. The van der Waals surface area contributed by atoms with Gasteiger partial charge in [0.05, 0.1) is 5.56 Å². The number of carbonyl (C=O) groups is 2. The highest BCUT2D eigenvalue weighted by Gasteiger charge is 2.16. The SMILES string of the molecule is Cc1c(O)c(C=O)cc2cc(C(=O)O)oc12. The van der Waals surface area contributed by atoms with Crippen LogP contribution >= 0.6 is 0 Å². The van der Waals surface area contributed by atoms with E-state index in [1.807, 2.05) is 0 Å². The molecule has 1 aromatic carbocycles. The molecule has 5 heteroatoms. The number of aryl methyl sites for hydroxylation is 1. The summed E-state index contributed by atoms with van der Waals surface area (Å²) in [6, 6.07) is 2.71. The van der Waals surface area contributed by atoms with Crippen LogP contribution in [-0.2, 0) is 0 Å². The third kappa shape index (κ3) is 1.33. The van der Waals surface area contributed by atoms with E-state index in [9.17, 15) is 14.7 Å². The average molecular weight is 220 g/mol. The Kier molecular flexibility index (Phi) is 2.16. The molecule has 0 radical (unpaired) electrons. The molecule has 2 aromatic rings. The first-order valence-corrected chi connectivity index (χ1v) is 4.49. The Morgan fingerprint density at radius 1 is 1.44 bits per heavy atom. The van der Waals surface area contributed by atoms with Gasteiger partial charge in [0, 0.05) is 10.9 Å². The van der Waals surface area contributed by atoms with Crippen molar-refractivity contribution >= 4 is 23.2 Å². The van der Waals surface area contributed by atoms with Gasteiger partial charge in [-0.3, -0.25) is 4.79 Å². The zero-order valence-electron chi connectivity index (χ0n) is 8.35. The van der Waals surface area contributed by atoms with E-state index in [0.29, 0.717) is 17.2 Å². The number of carbonyl (C=O) groups excluding carboxylic acids is 1. The van der Waals surface area contributed by atoms with Gasteiger partial charge in [0.15, 0.2) is 6.29 Å². The van der Waals surface area contributed by atoms with Gasteiger partial charge in [-0.05, 0) is 19.1 Å². The maximum Gasteiger partial charge on any atom is 0.371 e. The van der Waals surface area contributed by atoms with Crippen LogP contribution in [-0.4, -0.2) is 22.5 Å². The fourth-order valence-electron chi connectivity index (χ4n) is 1.56. The first kappa shape index (κ1) is 10.2. The zero-order valence-corrected chi connectivity index (χ0v) is 8.35. The van der Waals surface area contributed by atoms with Crippen LogP contribution in [0.2, 0.25) is 0 Å². The van der Waals surface area contributed by atoms with Crippen LogP contribution in [0.3, 0.4) is 0 Å². The summed E-state index contributed by atoms with van der Waals surface area (Å²) in [5.74, 6) is -1.60. The van der Waals surface area contributed by atoms with E-state index < -0.39 is 5.97 Å². The first-order chi connectivity index (χ1) is 7.54. The van der Waals surface area contributed by atoms with Crippen molar-refractivity contribution in [1.82, 2.24) is 0 Å². The van der Waals surface area contributed by atoms with Crippen molar-refractivity contribution in [2.75, 3.05) is 0 Å². The quantitative estimate of drug-likeness (QED) is 0.755. The van der Waals surface area contributed by atoms with Crippen molar-refractivity contribution in [3.8, 4) is 5.75 Å². The molecule has 0 saturated carbocycles. The number of benzene rings is 1. The maximum atomic E-state index is 10.7. The first-order valence-electron chi connectivity index (χ1n) is 4.49. The molecule has 0 fully saturated rings. The fraction of sp³-hybridized carbons (Fsp3) is 0.0909. The molecule has 0 saturated heterocycles. The molecular formula is C11H8O5. The number of carboxylic acids is 1. The number of aromatic hydroxyl groups is 1. The molecule has 1 aromatic heterocycles. The van der Waals surface area contributed by atoms with E-state index in [2.05, 4.69) is 0 Å². The van der Waals surface area contributed by atoms with Crippen molar-refractivity contribution in [2.24, 2.45) is 0 Å². The van der Waals surface area contributed by atoms with E-state index in [-0.39, 0.29) is 22.7 Å². The monoisotopic (exact) mass is 220 g/mol. The Bertz CT molecular complexity index is 594. The summed E-state index contributed by atoms with van der Waals surface area (Å²) < 4.78 is 5.07. The normalized spacial score (nSPS) is 10.6. The molecule has 0 aliphatic rings. The molecule has 0 aliphatic carbocycles. The van der Waals surface area contributed by atoms with Crippen LogP contribution in [0.25, 0.3) is 11.0 Å². The Morgan fingerprint density at radius 3 is 2.69 bits per heavy atom. The van der Waals surface area contributed by atoms with E-state index in [4.69, 9.17) is 9.52 Å². The lowest BCUT2D eigenvalue weighted by molar-refractivity contribution is 0.0664. The van der Waals surface area contributed by atoms with Crippen molar-refractivity contribution in [1.29, 1.82) is 0 Å². The lowest BCUT2D eigenvalue weighted by atomic mass is 10.1. The average Bonchev–Trinajstić information content (AvgIpc) is 2.67. The minimum atomic E-state index is -1.19. The van der Waals surface area contributed by atoms with Crippen molar-refractivity contribution in [3.05, 3.63) is 29.0 Å². The largest absolute Gasteiger partial charge is 0.507 e. The molecule has 1 heterocycles. The second-order valence-electron chi connectivity index (χ2n) is 3.39. The van der Waals surface area contributed by atoms with Gasteiger partial charge >= 0.3 is 5.97 Å². The van der Waals surface area contributed by atoms with Gasteiger partial charge in [0.25, 0.3) is 0 Å². The summed E-state index contributed by atoms with van der Waals surface area (Å²) in [6.07, 6.45) is 0.509. The third-order valence-corrected chi connectivity index (χ3v) is 2.38. The molecule has 0 aliphatic heterocycles. The van der Waals surface area contributed by atoms with Crippen molar-refractivity contribution < 1.29 is 24.2 Å². The Balaban J connectivity index is 2.82. The number of aldehydes is 1. The summed E-state index contributed by atoms with van der Waals surface area (Å²) in [6.45, 7) is 1.56. The zero-order chi connectivity index (χ0) is 11.9. The van der Waals surface area contributed by atoms with Gasteiger partial charge in [0.2, 0.25) is 5.76 Å². The predicted octanol–water partition coefficient (Wildman–Crippen LogP) is 1.96. The predicted molar refractivity (Wildman–Crippen MR) is 55.0 cm³/mol. The summed E-state index contributed by atoms with van der Waals surface area (Å²) in [4.78, 5) is 21.4. The third-order valence-electron chi connectivity index (χ3n) is 2.38. The number of phenols is 1. The van der Waals surface area contributed by atoms with E-state index in [0.717, 1.165) is 0 Å². The van der Waals surface area contributed by atoms with Gasteiger partial charge in [-0.2, -0.15) is 0 Å². The number of hydrogen-bond donors (Lipinski definition) is 2. The lowest BCUT2D eigenvalue weighted by Crippen LogP contribution is -1.91. The highest BCUT2D eigenvalue weighted by atomic mass is 16.4. The molecule has 0 spiro atoms. The number of carboxylic acid groups (broad SMARTS) is 1. The number of phenolic OH excluding ortho intramolecular Hbond substituents is 1. The molecule has 2 N–H and O–H groups in total. The molecular weight excluding hydrogens is 212 g/mol. The summed E-state index contributed by atoms with van der Waals surface area (Å²) in [5, 5.41) is 18.8. The van der Waals surface area contributed by atoms with Crippen LogP contribution in [0.4, 0.5) is 0 Å². The van der Waals surface area contributed by atoms with Crippen molar-refractivity contribution in [2.45, 2.75) is 6.92 Å². The number of aromatic carboxylic acids is 1. The van der Waals surface area contributed by atoms with Crippen LogP contribution in [0.5, 0.6) is 5.75 Å². The summed E-state index contributed by atoms with van der Waals surface area (Å²) in [5.41, 5.74) is 0.746. The molecule has 0 unspecified atom stereocenters. The van der Waals surface area contributed by atoms with Crippen molar-refractivity contribution in [3.63, 3.8) is 0 Å². The van der Waals surface area contributed by atoms with E-state index in [1.54, 1.807) is 6.92 Å². The molecule has 0 amide bonds. The van der Waals surface area contributed by atoms with Gasteiger partial charge in [-0.1, -0.05) is 0 Å². The lowest BCUT2D eigenvalue weighted by Gasteiger charge is -2.01. The molecule has 0 atom stereocenters. The topological polar surface area (TPSA) is 87.7 Å². The Labute approximate surface area is 89.9 Å². The van der Waals surface area contributed by atoms with Crippen LogP contribution in [0.15, 0.2) is 16.5 Å². The standard InChI is InChI=1S/C11H8O5/c1-5-9(13)7(4-12)2-6-3-8(11(14)15)16-10(5)6/h2-4,13H,1H3,(H,14,15). The number of rotatable bonds is 2. The van der Waals surface area contributed by atoms with Gasteiger partial charge in [-0.25, -0.2) is 4.79 Å². The number of hydrogen-bond acceptors (Lipinski definition) is 4. The number of fused-ring (bicyclic) bond motifs is 1. The van der Waals surface area contributed by atoms with Gasteiger partial charge in [-0.15, -0.1) is 0 Å². The smallest absolute Gasteiger partial charge is 0.371 e. The molecule has 0 bridgehead atoms. The molecule has 82 valence electrons. The minimum absolute atomic E-state index is 0.114. The summed E-state index contributed by atoms with van der Waals surface area (Å²) in [7, 11) is 0. The van der Waals surface area contributed by atoms with E-state index >= 15 is 0 Å². The Morgan fingerprint density at radius 2 is 2.12 bits per heavy atom. The maximum absolute atomic E-state index is 10.7. The van der Waals surface area contributed by atoms with Crippen LogP contribution in [0.1, 0.15) is 26.5 Å². The highest BCUT2D eigenvalue weighted by molar-refractivity contribution is 5.96. The summed E-state index contributed by atoms with van der Waals surface area (Å²) >= 11 is 0.